The fourth-order valence-corrected chi connectivity index (χ4v) is 9.06. The van der Waals surface area contributed by atoms with Gasteiger partial charge in [0.1, 0.15) is 6.07 Å². The second-order valence-electron chi connectivity index (χ2n) is 10.7. The summed E-state index contributed by atoms with van der Waals surface area (Å²) in [6, 6.07) is 44.9. The minimum Gasteiger partial charge on any atom is -0.308 e. The summed E-state index contributed by atoms with van der Waals surface area (Å²) in [4.78, 5) is 0. The van der Waals surface area contributed by atoms with E-state index in [-0.39, 0.29) is 0 Å². The second-order valence-corrected chi connectivity index (χ2v) is 12.8. The lowest BCUT2D eigenvalue weighted by Gasteiger charge is -2.09. The predicted octanol–water partition coefficient (Wildman–Crippen LogP) is 10.9. The lowest BCUT2D eigenvalue weighted by Crippen LogP contribution is -1.94. The smallest absolute Gasteiger partial charge is 0.101 e. The summed E-state index contributed by atoms with van der Waals surface area (Å²) in [7, 11) is 0. The largest absolute Gasteiger partial charge is 0.308 e. The Morgan fingerprint density at radius 3 is 2.12 bits per heavy atom. The van der Waals surface area contributed by atoms with E-state index in [9.17, 15) is 10.5 Å². The third kappa shape index (κ3) is 3.38. The van der Waals surface area contributed by atoms with Crippen molar-refractivity contribution in [1.82, 2.24) is 4.57 Å². The Bertz CT molecular complexity index is 2710. The van der Waals surface area contributed by atoms with Gasteiger partial charge in [0, 0.05) is 41.7 Å². The minimum atomic E-state index is 0.631. The molecule has 0 aliphatic heterocycles. The SMILES string of the molecule is N#Cc1ccc2c3ccccc3n(-c3cccc4c3sc3c(C#N)cc(-c5cccc6c5sc5ccccc56)cc34)c2c1. The van der Waals surface area contributed by atoms with Crippen LogP contribution in [0.4, 0.5) is 0 Å². The van der Waals surface area contributed by atoms with E-state index in [0.717, 1.165) is 58.8 Å². The molecule has 3 nitrogen and oxygen atoms in total. The van der Waals surface area contributed by atoms with Crippen LogP contribution in [0.2, 0.25) is 0 Å². The normalized spacial score (nSPS) is 11.7. The van der Waals surface area contributed by atoms with Crippen molar-refractivity contribution in [3.8, 4) is 29.0 Å². The molecule has 0 atom stereocenters. The number of nitrogens with zero attached hydrogens (tertiary/aromatic N) is 3. The number of nitriles is 2. The molecule has 0 unspecified atom stereocenters. The molecule has 0 radical (unpaired) electrons. The van der Waals surface area contributed by atoms with Crippen molar-refractivity contribution in [1.29, 1.82) is 10.5 Å². The van der Waals surface area contributed by atoms with Gasteiger partial charge in [-0.2, -0.15) is 10.5 Å². The lowest BCUT2D eigenvalue weighted by atomic mass is 9.98. The van der Waals surface area contributed by atoms with Gasteiger partial charge in [-0.05, 0) is 53.6 Å². The van der Waals surface area contributed by atoms with E-state index >= 15 is 0 Å². The lowest BCUT2D eigenvalue weighted by molar-refractivity contribution is 1.20. The zero-order chi connectivity index (χ0) is 28.7. The molecule has 9 aromatic rings. The summed E-state index contributed by atoms with van der Waals surface area (Å²) in [6.07, 6.45) is 0. The van der Waals surface area contributed by atoms with Gasteiger partial charge in [-0.25, -0.2) is 0 Å². The summed E-state index contributed by atoms with van der Waals surface area (Å²) < 4.78 is 6.90. The Balaban J connectivity index is 1.35. The molecule has 0 bridgehead atoms. The first kappa shape index (κ1) is 24.2. The van der Waals surface area contributed by atoms with Crippen LogP contribution in [0.3, 0.4) is 0 Å². The fourth-order valence-electron chi connectivity index (χ4n) is 6.57. The van der Waals surface area contributed by atoms with Crippen LogP contribution in [0.15, 0.2) is 115 Å². The van der Waals surface area contributed by atoms with Gasteiger partial charge in [-0.15, -0.1) is 22.7 Å². The highest BCUT2D eigenvalue weighted by atomic mass is 32.1. The molecule has 9 rings (SSSR count). The Kier molecular flexibility index (Phi) is 5.07. The monoisotopic (exact) mass is 581 g/mol. The number of thiophene rings is 2. The summed E-state index contributed by atoms with van der Waals surface area (Å²) in [5.74, 6) is 0. The Morgan fingerprint density at radius 2 is 1.26 bits per heavy atom. The van der Waals surface area contributed by atoms with Crippen molar-refractivity contribution in [3.63, 3.8) is 0 Å². The highest BCUT2D eigenvalue weighted by molar-refractivity contribution is 7.27. The first-order chi connectivity index (χ1) is 21.2. The van der Waals surface area contributed by atoms with E-state index < -0.39 is 0 Å². The van der Waals surface area contributed by atoms with Gasteiger partial charge in [0.05, 0.1) is 43.3 Å². The molecule has 3 aromatic heterocycles. The van der Waals surface area contributed by atoms with E-state index in [2.05, 4.69) is 114 Å². The van der Waals surface area contributed by atoms with Crippen LogP contribution in [0.1, 0.15) is 11.1 Å². The van der Waals surface area contributed by atoms with Crippen LogP contribution in [-0.2, 0) is 0 Å². The van der Waals surface area contributed by atoms with Gasteiger partial charge >= 0.3 is 0 Å². The third-order valence-corrected chi connectivity index (χ3v) is 11.0. The van der Waals surface area contributed by atoms with Crippen molar-refractivity contribution in [2.75, 3.05) is 0 Å². The van der Waals surface area contributed by atoms with Gasteiger partial charge in [-0.3, -0.25) is 0 Å². The van der Waals surface area contributed by atoms with Crippen LogP contribution < -0.4 is 0 Å². The zero-order valence-corrected chi connectivity index (χ0v) is 24.3. The average molecular weight is 582 g/mol. The molecule has 6 aromatic carbocycles. The summed E-state index contributed by atoms with van der Waals surface area (Å²) in [6.45, 7) is 0. The number of rotatable bonds is 2. The van der Waals surface area contributed by atoms with E-state index in [0.29, 0.717) is 11.1 Å². The van der Waals surface area contributed by atoms with Gasteiger partial charge in [-0.1, -0.05) is 72.8 Å². The van der Waals surface area contributed by atoms with Gasteiger partial charge in [0.2, 0.25) is 0 Å². The minimum absolute atomic E-state index is 0.631. The van der Waals surface area contributed by atoms with Crippen molar-refractivity contribution < 1.29 is 0 Å². The van der Waals surface area contributed by atoms with Crippen molar-refractivity contribution >= 4 is 84.8 Å². The number of para-hydroxylation sites is 1. The highest BCUT2D eigenvalue weighted by Crippen LogP contribution is 2.45. The quantitative estimate of drug-likeness (QED) is 0.204. The topological polar surface area (TPSA) is 52.5 Å². The third-order valence-electron chi connectivity index (χ3n) is 8.46. The molecule has 5 heteroatoms. The van der Waals surface area contributed by atoms with E-state index in [1.165, 1.54) is 20.2 Å². The van der Waals surface area contributed by atoms with Crippen LogP contribution in [0.5, 0.6) is 0 Å². The number of aromatic nitrogens is 1. The number of benzene rings is 6. The number of hydrogen-bond acceptors (Lipinski definition) is 4. The van der Waals surface area contributed by atoms with Gasteiger partial charge < -0.3 is 4.57 Å². The molecule has 0 spiro atoms. The molecule has 0 aliphatic rings. The molecule has 0 fully saturated rings. The molecule has 0 aliphatic carbocycles. The summed E-state index contributed by atoms with van der Waals surface area (Å²) >= 11 is 3.48. The molecule has 198 valence electrons. The molecule has 3 heterocycles. The Morgan fingerprint density at radius 1 is 0.512 bits per heavy atom. The zero-order valence-electron chi connectivity index (χ0n) is 22.6. The molecule has 0 amide bonds. The highest BCUT2D eigenvalue weighted by Gasteiger charge is 2.19. The number of hydrogen-bond donors (Lipinski definition) is 0. The maximum atomic E-state index is 10.4. The first-order valence-electron chi connectivity index (χ1n) is 14.0. The molecular weight excluding hydrogens is 563 g/mol. The molecular formula is C38H19N3S2. The predicted molar refractivity (Wildman–Crippen MR) is 181 cm³/mol. The molecule has 0 saturated heterocycles. The van der Waals surface area contributed by atoms with Crippen molar-refractivity contribution in [2.45, 2.75) is 0 Å². The molecule has 0 saturated carbocycles. The van der Waals surface area contributed by atoms with Gasteiger partial charge in [0.15, 0.2) is 0 Å². The van der Waals surface area contributed by atoms with E-state index in [1.807, 2.05) is 18.2 Å². The van der Waals surface area contributed by atoms with E-state index in [4.69, 9.17) is 0 Å². The van der Waals surface area contributed by atoms with E-state index in [1.54, 1.807) is 22.7 Å². The van der Waals surface area contributed by atoms with Crippen LogP contribution in [0.25, 0.3) is 79.0 Å². The van der Waals surface area contributed by atoms with Gasteiger partial charge in [0.25, 0.3) is 0 Å². The van der Waals surface area contributed by atoms with Crippen LogP contribution in [0, 0.1) is 22.7 Å². The Hall–Kier alpha value is -5.46. The maximum absolute atomic E-state index is 10.4. The van der Waals surface area contributed by atoms with Crippen LogP contribution >= 0.6 is 22.7 Å². The molecule has 0 N–H and O–H groups in total. The Labute approximate surface area is 254 Å². The fraction of sp³-hybridized carbons (Fsp3) is 0. The summed E-state index contributed by atoms with van der Waals surface area (Å²) in [5, 5.41) is 27.1. The standard InChI is InChI=1S/C38H19N3S2/c39-20-22-15-16-27-26-7-1-3-12-32(26)41(34(27)17-22)33-13-6-11-30-31-19-23(18-24(21-40)36(31)43-38(30)33)25-9-5-10-29-28-8-2-4-14-35(28)42-37(25)29/h1-19H. The maximum Gasteiger partial charge on any atom is 0.101 e. The molecule has 43 heavy (non-hydrogen) atoms. The average Bonchev–Trinajstić information content (AvgIpc) is 3.73. The van der Waals surface area contributed by atoms with Crippen molar-refractivity contribution in [3.05, 3.63) is 126 Å². The number of fused-ring (bicyclic) bond motifs is 9. The van der Waals surface area contributed by atoms with Crippen LogP contribution in [-0.4, -0.2) is 4.57 Å². The second kappa shape index (κ2) is 9.02. The first-order valence-corrected chi connectivity index (χ1v) is 15.6. The van der Waals surface area contributed by atoms with Crippen molar-refractivity contribution in [2.24, 2.45) is 0 Å². The summed E-state index contributed by atoms with van der Waals surface area (Å²) in [5.41, 5.74) is 6.68.